The van der Waals surface area contributed by atoms with Gasteiger partial charge in [0, 0.05) is 17.8 Å². The van der Waals surface area contributed by atoms with Gasteiger partial charge in [0.15, 0.2) is 0 Å². The molecule has 0 aliphatic carbocycles. The van der Waals surface area contributed by atoms with Gasteiger partial charge in [-0.15, -0.1) is 0 Å². The minimum Gasteiger partial charge on any atom is -0.383 e. The fourth-order valence-corrected chi connectivity index (χ4v) is 2.15. The Balaban J connectivity index is 2.22. The first-order valence-corrected chi connectivity index (χ1v) is 6.10. The van der Waals surface area contributed by atoms with E-state index >= 15 is 0 Å². The van der Waals surface area contributed by atoms with Crippen LogP contribution in [0.15, 0.2) is 36.5 Å². The highest BCUT2D eigenvalue weighted by molar-refractivity contribution is 5.46. The third-order valence-electron chi connectivity index (χ3n) is 3.19. The van der Waals surface area contributed by atoms with Crippen molar-refractivity contribution in [2.75, 3.05) is 5.73 Å². The van der Waals surface area contributed by atoms with E-state index in [1.807, 2.05) is 13.0 Å². The lowest BCUT2D eigenvalue weighted by molar-refractivity contribution is 0.715. The van der Waals surface area contributed by atoms with Gasteiger partial charge in [-0.1, -0.05) is 29.8 Å². The van der Waals surface area contributed by atoms with Crippen LogP contribution in [-0.2, 0) is 6.42 Å². The number of anilines is 1. The van der Waals surface area contributed by atoms with Crippen LogP contribution >= 0.6 is 0 Å². The molecule has 2 rings (SSSR count). The van der Waals surface area contributed by atoms with E-state index in [1.54, 1.807) is 6.20 Å². The van der Waals surface area contributed by atoms with Crippen molar-refractivity contribution in [2.24, 2.45) is 5.73 Å². The fourth-order valence-electron chi connectivity index (χ4n) is 2.15. The normalized spacial score (nSPS) is 12.4. The predicted octanol–water partition coefficient (Wildman–Crippen LogP) is 2.52. The highest BCUT2D eigenvalue weighted by Gasteiger charge is 2.13. The Bertz CT molecular complexity index is 512. The van der Waals surface area contributed by atoms with Gasteiger partial charge in [0.05, 0.1) is 0 Å². The Morgan fingerprint density at radius 1 is 1.11 bits per heavy atom. The van der Waals surface area contributed by atoms with Crippen LogP contribution in [-0.4, -0.2) is 4.98 Å². The average molecular weight is 241 g/mol. The topological polar surface area (TPSA) is 64.9 Å². The summed E-state index contributed by atoms with van der Waals surface area (Å²) in [6.45, 7) is 4.09. The third kappa shape index (κ3) is 2.68. The molecule has 0 saturated carbocycles. The monoisotopic (exact) mass is 241 g/mol. The molecule has 18 heavy (non-hydrogen) atoms. The summed E-state index contributed by atoms with van der Waals surface area (Å²) in [6.07, 6.45) is 2.49. The third-order valence-corrected chi connectivity index (χ3v) is 3.19. The Labute approximate surface area is 108 Å². The predicted molar refractivity (Wildman–Crippen MR) is 75.2 cm³/mol. The van der Waals surface area contributed by atoms with Crippen molar-refractivity contribution in [2.45, 2.75) is 26.3 Å². The second-order valence-corrected chi connectivity index (χ2v) is 4.72. The second kappa shape index (κ2) is 5.19. The fraction of sp³-hybridized carbons (Fsp3) is 0.267. The van der Waals surface area contributed by atoms with Gasteiger partial charge in [0.2, 0.25) is 0 Å². The number of nitrogen functional groups attached to an aromatic ring is 1. The molecule has 0 aliphatic rings. The van der Waals surface area contributed by atoms with Crippen LogP contribution in [0.3, 0.4) is 0 Å². The van der Waals surface area contributed by atoms with Crippen molar-refractivity contribution < 1.29 is 0 Å². The lowest BCUT2D eigenvalue weighted by Gasteiger charge is -2.16. The summed E-state index contributed by atoms with van der Waals surface area (Å²) in [5, 5.41) is 0. The van der Waals surface area contributed by atoms with Crippen LogP contribution in [0, 0.1) is 13.8 Å². The van der Waals surface area contributed by atoms with E-state index in [0.29, 0.717) is 5.82 Å². The molecule has 0 bridgehead atoms. The molecular weight excluding hydrogens is 222 g/mol. The Morgan fingerprint density at radius 2 is 1.78 bits per heavy atom. The van der Waals surface area contributed by atoms with Crippen molar-refractivity contribution in [3.8, 4) is 0 Å². The van der Waals surface area contributed by atoms with Gasteiger partial charge < -0.3 is 11.5 Å². The lowest BCUT2D eigenvalue weighted by atomic mass is 9.96. The van der Waals surface area contributed by atoms with Gasteiger partial charge in [0.25, 0.3) is 0 Å². The molecule has 0 radical (unpaired) electrons. The number of hydrogen-bond donors (Lipinski definition) is 2. The quantitative estimate of drug-likeness (QED) is 0.867. The minimum atomic E-state index is -0.110. The molecule has 1 aromatic heterocycles. The molecule has 0 spiro atoms. The molecule has 1 aromatic carbocycles. The molecule has 1 atom stereocenters. The van der Waals surface area contributed by atoms with Crippen molar-refractivity contribution in [1.29, 1.82) is 0 Å². The highest BCUT2D eigenvalue weighted by atomic mass is 14.8. The number of pyridine rings is 1. The molecule has 0 aliphatic heterocycles. The van der Waals surface area contributed by atoms with E-state index in [1.165, 1.54) is 11.1 Å². The van der Waals surface area contributed by atoms with E-state index < -0.39 is 0 Å². The van der Waals surface area contributed by atoms with Crippen LogP contribution < -0.4 is 11.5 Å². The molecular formula is C15H19N3. The minimum absolute atomic E-state index is 0.110. The van der Waals surface area contributed by atoms with Crippen LogP contribution in [0.2, 0.25) is 0 Å². The number of aryl methyl sites for hydroxylation is 2. The van der Waals surface area contributed by atoms with Gasteiger partial charge in [-0.2, -0.15) is 0 Å². The number of aromatic nitrogens is 1. The van der Waals surface area contributed by atoms with E-state index in [0.717, 1.165) is 17.5 Å². The van der Waals surface area contributed by atoms with Crippen LogP contribution in [0.25, 0.3) is 0 Å². The smallest absolute Gasteiger partial charge is 0.128 e. The number of hydrogen-bond acceptors (Lipinski definition) is 3. The SMILES string of the molecule is Cc1ccc(CC(N)c2c(C)ccnc2N)cc1. The molecule has 2 aromatic rings. The highest BCUT2D eigenvalue weighted by Crippen LogP contribution is 2.23. The molecule has 1 heterocycles. The summed E-state index contributed by atoms with van der Waals surface area (Å²) in [4.78, 5) is 4.11. The van der Waals surface area contributed by atoms with Crippen LogP contribution in [0.1, 0.15) is 28.3 Å². The summed E-state index contributed by atoms with van der Waals surface area (Å²) in [6, 6.07) is 10.2. The Kier molecular flexibility index (Phi) is 3.63. The average Bonchev–Trinajstić information content (AvgIpc) is 2.32. The van der Waals surface area contributed by atoms with Gasteiger partial charge in [-0.05, 0) is 37.5 Å². The zero-order chi connectivity index (χ0) is 13.1. The molecule has 94 valence electrons. The lowest BCUT2D eigenvalue weighted by Crippen LogP contribution is -2.17. The first-order valence-electron chi connectivity index (χ1n) is 6.10. The zero-order valence-electron chi connectivity index (χ0n) is 10.9. The van der Waals surface area contributed by atoms with Crippen LogP contribution in [0.5, 0.6) is 0 Å². The van der Waals surface area contributed by atoms with Crippen molar-refractivity contribution in [3.63, 3.8) is 0 Å². The second-order valence-electron chi connectivity index (χ2n) is 4.72. The Morgan fingerprint density at radius 3 is 2.39 bits per heavy atom. The maximum absolute atomic E-state index is 6.25. The van der Waals surface area contributed by atoms with Gasteiger partial charge in [0.1, 0.15) is 5.82 Å². The zero-order valence-corrected chi connectivity index (χ0v) is 10.9. The van der Waals surface area contributed by atoms with Crippen molar-refractivity contribution in [1.82, 2.24) is 4.98 Å². The number of rotatable bonds is 3. The van der Waals surface area contributed by atoms with Crippen molar-refractivity contribution >= 4 is 5.82 Å². The van der Waals surface area contributed by atoms with Gasteiger partial charge in [-0.3, -0.25) is 0 Å². The summed E-state index contributed by atoms with van der Waals surface area (Å²) < 4.78 is 0. The first kappa shape index (κ1) is 12.6. The van der Waals surface area contributed by atoms with Crippen LogP contribution in [0.4, 0.5) is 5.82 Å². The molecule has 4 N–H and O–H groups in total. The first-order chi connectivity index (χ1) is 8.58. The summed E-state index contributed by atoms with van der Waals surface area (Å²) in [7, 11) is 0. The van der Waals surface area contributed by atoms with E-state index in [9.17, 15) is 0 Å². The van der Waals surface area contributed by atoms with Gasteiger partial charge >= 0.3 is 0 Å². The molecule has 0 amide bonds. The maximum atomic E-state index is 6.25. The standard InChI is InChI=1S/C15H19N3/c1-10-3-5-12(6-4-10)9-13(16)14-11(2)7-8-18-15(14)17/h3-8,13H,9,16H2,1-2H3,(H2,17,18). The summed E-state index contributed by atoms with van der Waals surface area (Å²) in [5.74, 6) is 0.537. The van der Waals surface area contributed by atoms with E-state index in [4.69, 9.17) is 11.5 Å². The largest absolute Gasteiger partial charge is 0.383 e. The molecule has 3 heteroatoms. The van der Waals surface area contributed by atoms with Crippen molar-refractivity contribution in [3.05, 3.63) is 58.8 Å². The number of benzene rings is 1. The molecule has 1 unspecified atom stereocenters. The molecule has 0 saturated heterocycles. The van der Waals surface area contributed by atoms with E-state index in [2.05, 4.69) is 36.2 Å². The molecule has 0 fully saturated rings. The van der Waals surface area contributed by atoms with E-state index in [-0.39, 0.29) is 6.04 Å². The number of nitrogens with two attached hydrogens (primary N) is 2. The van der Waals surface area contributed by atoms with Gasteiger partial charge in [-0.25, -0.2) is 4.98 Å². The molecule has 3 nitrogen and oxygen atoms in total. The summed E-state index contributed by atoms with van der Waals surface area (Å²) >= 11 is 0. The summed E-state index contributed by atoms with van der Waals surface area (Å²) in [5.41, 5.74) is 16.7. The number of nitrogens with zero attached hydrogens (tertiary/aromatic N) is 1. The Hall–Kier alpha value is -1.87. The maximum Gasteiger partial charge on any atom is 0.128 e.